The number of carbonyl (C=O) groups excluding carboxylic acids is 1. The van der Waals surface area contributed by atoms with Gasteiger partial charge in [0, 0.05) is 30.2 Å². The number of carboxylic acids is 1. The van der Waals surface area contributed by atoms with Crippen molar-refractivity contribution in [2.75, 3.05) is 5.32 Å². The molecule has 0 radical (unpaired) electrons. The Hall–Kier alpha value is -2.15. The van der Waals surface area contributed by atoms with Crippen LogP contribution in [0.3, 0.4) is 0 Å². The van der Waals surface area contributed by atoms with Crippen LogP contribution in [0.15, 0.2) is 30.2 Å². The lowest BCUT2D eigenvalue weighted by Gasteiger charge is -2.12. The van der Waals surface area contributed by atoms with Crippen molar-refractivity contribution in [3.63, 3.8) is 0 Å². The van der Waals surface area contributed by atoms with Gasteiger partial charge in [0.2, 0.25) is 5.91 Å². The Balaban J connectivity index is 1.92. The first-order valence-electron chi connectivity index (χ1n) is 5.65. The zero-order valence-corrected chi connectivity index (χ0v) is 11.1. The maximum Gasteiger partial charge on any atom is 0.336 e. The van der Waals surface area contributed by atoms with Crippen molar-refractivity contribution in [2.45, 2.75) is 19.4 Å². The van der Waals surface area contributed by atoms with Gasteiger partial charge in [-0.3, -0.25) is 4.79 Å². The minimum atomic E-state index is -0.997. The zero-order valence-electron chi connectivity index (χ0n) is 10.2. The van der Waals surface area contributed by atoms with Crippen LogP contribution in [0.1, 0.15) is 29.7 Å². The smallest absolute Gasteiger partial charge is 0.336 e. The lowest BCUT2D eigenvalue weighted by molar-refractivity contribution is -0.116. The molecule has 100 valence electrons. The van der Waals surface area contributed by atoms with Crippen molar-refractivity contribution in [3.05, 3.63) is 35.7 Å². The van der Waals surface area contributed by atoms with E-state index in [9.17, 15) is 9.59 Å². The molecule has 2 rings (SSSR count). The minimum absolute atomic E-state index is 0.00130. The van der Waals surface area contributed by atoms with Gasteiger partial charge in [0.25, 0.3) is 0 Å². The highest BCUT2D eigenvalue weighted by Gasteiger charge is 2.12. The Morgan fingerprint density at radius 2 is 2.37 bits per heavy atom. The average molecular weight is 279 g/mol. The topological polar surface area (TPSA) is 84.2 Å². The summed E-state index contributed by atoms with van der Waals surface area (Å²) in [4.78, 5) is 26.5. The van der Waals surface area contributed by atoms with Crippen LogP contribution in [0, 0.1) is 0 Å². The van der Waals surface area contributed by atoms with Gasteiger partial charge in [-0.15, -0.1) is 11.3 Å². The summed E-state index contributed by atoms with van der Waals surface area (Å²) in [5.74, 6) is -1.15. The third-order valence-electron chi connectivity index (χ3n) is 2.62. The molecule has 1 atom stereocenters. The number of carbonyl (C=O) groups is 2. The highest BCUT2D eigenvalue weighted by molar-refractivity contribution is 7.14. The maximum atomic E-state index is 11.8. The molecule has 0 spiro atoms. The van der Waals surface area contributed by atoms with Gasteiger partial charge in [-0.05, 0) is 13.0 Å². The predicted octanol–water partition coefficient (Wildman–Crippen LogP) is 2.23. The number of nitrogens with zero attached hydrogens (tertiary/aromatic N) is 2. The van der Waals surface area contributed by atoms with E-state index in [1.165, 1.54) is 22.8 Å². The first-order chi connectivity index (χ1) is 9.06. The first kappa shape index (κ1) is 13.3. The summed E-state index contributed by atoms with van der Waals surface area (Å²) in [7, 11) is 0. The highest BCUT2D eigenvalue weighted by Crippen LogP contribution is 2.21. The van der Waals surface area contributed by atoms with Gasteiger partial charge in [-0.2, -0.15) is 0 Å². The van der Waals surface area contributed by atoms with Crippen molar-refractivity contribution >= 4 is 28.2 Å². The summed E-state index contributed by atoms with van der Waals surface area (Å²) in [5, 5.41) is 13.5. The minimum Gasteiger partial charge on any atom is -0.478 e. The zero-order chi connectivity index (χ0) is 13.8. The average Bonchev–Trinajstić information content (AvgIpc) is 2.98. The lowest BCUT2D eigenvalue weighted by Crippen LogP contribution is -2.16. The van der Waals surface area contributed by atoms with Gasteiger partial charge in [-0.1, -0.05) is 0 Å². The van der Waals surface area contributed by atoms with Crippen LogP contribution in [0.25, 0.3) is 0 Å². The molecule has 6 nitrogen and oxygen atoms in total. The molecule has 2 N–H and O–H groups in total. The quantitative estimate of drug-likeness (QED) is 0.879. The largest absolute Gasteiger partial charge is 0.478 e. The van der Waals surface area contributed by atoms with Gasteiger partial charge in [0.15, 0.2) is 0 Å². The lowest BCUT2D eigenvalue weighted by atomic mass is 10.2. The summed E-state index contributed by atoms with van der Waals surface area (Å²) >= 11 is 1.20. The second-order valence-corrected chi connectivity index (χ2v) is 5.03. The fourth-order valence-corrected chi connectivity index (χ4v) is 2.40. The molecule has 2 heterocycles. The van der Waals surface area contributed by atoms with Crippen LogP contribution >= 0.6 is 11.3 Å². The Labute approximate surface area is 113 Å². The number of imidazole rings is 1. The van der Waals surface area contributed by atoms with E-state index < -0.39 is 5.97 Å². The molecule has 1 unspecified atom stereocenters. The van der Waals surface area contributed by atoms with E-state index in [1.54, 1.807) is 18.7 Å². The van der Waals surface area contributed by atoms with Crippen molar-refractivity contribution in [3.8, 4) is 0 Å². The van der Waals surface area contributed by atoms with Crippen LogP contribution in [-0.2, 0) is 4.79 Å². The number of anilines is 1. The predicted molar refractivity (Wildman–Crippen MR) is 71.5 cm³/mol. The Morgan fingerprint density at radius 3 is 2.95 bits per heavy atom. The summed E-state index contributed by atoms with van der Waals surface area (Å²) in [6, 6.07) is 1.45. The molecule has 0 aliphatic heterocycles. The Kier molecular flexibility index (Phi) is 3.96. The number of rotatable bonds is 5. The number of thiophene rings is 1. The number of hydrogen-bond donors (Lipinski definition) is 2. The molecule has 19 heavy (non-hydrogen) atoms. The van der Waals surface area contributed by atoms with Gasteiger partial charge in [0.05, 0.1) is 16.9 Å². The molecule has 0 aliphatic carbocycles. The first-order valence-corrected chi connectivity index (χ1v) is 6.53. The number of nitrogens with one attached hydrogen (secondary N) is 1. The number of aromatic carboxylic acids is 1. The van der Waals surface area contributed by atoms with E-state index in [4.69, 9.17) is 5.11 Å². The number of aromatic nitrogens is 2. The van der Waals surface area contributed by atoms with Crippen LogP contribution in [0.4, 0.5) is 5.00 Å². The molecule has 1 amide bonds. The normalized spacial score (nSPS) is 12.1. The van der Waals surface area contributed by atoms with Crippen molar-refractivity contribution in [1.82, 2.24) is 9.55 Å². The van der Waals surface area contributed by atoms with Gasteiger partial charge >= 0.3 is 5.97 Å². The van der Waals surface area contributed by atoms with E-state index in [0.717, 1.165) is 0 Å². The van der Waals surface area contributed by atoms with Gasteiger partial charge in [0.1, 0.15) is 0 Å². The fraction of sp³-hybridized carbons (Fsp3) is 0.250. The second kappa shape index (κ2) is 5.66. The van der Waals surface area contributed by atoms with E-state index >= 15 is 0 Å². The molecule has 0 saturated carbocycles. The summed E-state index contributed by atoms with van der Waals surface area (Å²) in [6.45, 7) is 1.92. The Bertz CT molecular complexity index is 577. The molecule has 0 aromatic carbocycles. The van der Waals surface area contributed by atoms with E-state index in [1.807, 2.05) is 11.5 Å². The molecule has 0 fully saturated rings. The summed E-state index contributed by atoms with van der Waals surface area (Å²) in [6.07, 6.45) is 5.42. The molecule has 0 aliphatic rings. The summed E-state index contributed by atoms with van der Waals surface area (Å²) in [5.41, 5.74) is 0.183. The standard InChI is InChI=1S/C12H13N3O3S/c1-8(15-3-2-13-7-15)4-10(16)14-11-5-9(6-19-11)12(17)18/h2-3,5-8H,4H2,1H3,(H,14,16)(H,17,18). The van der Waals surface area contributed by atoms with Crippen molar-refractivity contribution in [2.24, 2.45) is 0 Å². The molecular formula is C12H13N3O3S. The SMILES string of the molecule is CC(CC(=O)Nc1cc(C(=O)O)cs1)n1ccnc1. The number of carboxylic acid groups (broad SMARTS) is 1. The molecular weight excluding hydrogens is 266 g/mol. The summed E-state index contributed by atoms with van der Waals surface area (Å²) < 4.78 is 1.84. The van der Waals surface area contributed by atoms with Crippen molar-refractivity contribution < 1.29 is 14.7 Å². The van der Waals surface area contributed by atoms with Crippen LogP contribution in [-0.4, -0.2) is 26.5 Å². The second-order valence-electron chi connectivity index (χ2n) is 4.12. The van der Waals surface area contributed by atoms with E-state index in [0.29, 0.717) is 11.4 Å². The molecule has 0 saturated heterocycles. The number of amides is 1. The van der Waals surface area contributed by atoms with E-state index in [2.05, 4.69) is 10.3 Å². The molecule has 7 heteroatoms. The van der Waals surface area contributed by atoms with Gasteiger partial charge < -0.3 is 15.0 Å². The molecule has 0 bridgehead atoms. The molecule has 2 aromatic rings. The molecule has 2 aromatic heterocycles. The van der Waals surface area contributed by atoms with Crippen LogP contribution < -0.4 is 5.32 Å². The van der Waals surface area contributed by atoms with Crippen LogP contribution in [0.5, 0.6) is 0 Å². The van der Waals surface area contributed by atoms with Crippen LogP contribution in [0.2, 0.25) is 0 Å². The maximum absolute atomic E-state index is 11.8. The Morgan fingerprint density at radius 1 is 1.58 bits per heavy atom. The monoisotopic (exact) mass is 279 g/mol. The number of hydrogen-bond acceptors (Lipinski definition) is 4. The third kappa shape index (κ3) is 3.41. The fourth-order valence-electron chi connectivity index (χ4n) is 1.61. The third-order valence-corrected chi connectivity index (χ3v) is 3.47. The van der Waals surface area contributed by atoms with Crippen molar-refractivity contribution in [1.29, 1.82) is 0 Å². The highest BCUT2D eigenvalue weighted by atomic mass is 32.1. The van der Waals surface area contributed by atoms with Gasteiger partial charge in [-0.25, -0.2) is 9.78 Å². The van der Waals surface area contributed by atoms with E-state index in [-0.39, 0.29) is 17.5 Å².